The molecule has 1 aromatic heterocycles. The minimum Gasteiger partial charge on any atom is -0.369 e. The van der Waals surface area contributed by atoms with E-state index >= 15 is 0 Å². The molecule has 2 heterocycles. The molecule has 2 N–H and O–H groups in total. The molecule has 6 nitrogen and oxygen atoms in total. The average molecular weight is 212 g/mol. The van der Waals surface area contributed by atoms with Crippen LogP contribution in [0.3, 0.4) is 0 Å². The first-order valence-electron chi connectivity index (χ1n) is 3.80. The lowest BCUT2D eigenvalue weighted by Gasteiger charge is -2.22. The summed E-state index contributed by atoms with van der Waals surface area (Å²) in [5, 5.41) is 0. The Bertz CT molecular complexity index is 508. The van der Waals surface area contributed by atoms with Crippen LogP contribution in [0.1, 0.15) is 0 Å². The molecule has 0 spiro atoms. The number of aliphatic imine (C=N–C) groups is 1. The van der Waals surface area contributed by atoms with Crippen molar-refractivity contribution in [3.05, 3.63) is 18.5 Å². The van der Waals surface area contributed by atoms with Gasteiger partial charge in [-0.2, -0.15) is 0 Å². The Kier molecular flexibility index (Phi) is 1.71. The molecule has 1 aromatic rings. The molecule has 0 fully saturated rings. The van der Waals surface area contributed by atoms with Crippen molar-refractivity contribution in [2.24, 2.45) is 10.7 Å². The summed E-state index contributed by atoms with van der Waals surface area (Å²) >= 11 is 0. The summed E-state index contributed by atoms with van der Waals surface area (Å²) in [5.74, 6) is -0.0382. The number of aromatic nitrogens is 1. The average Bonchev–Trinajstić information content (AvgIpc) is 2.15. The van der Waals surface area contributed by atoms with Crippen molar-refractivity contribution < 1.29 is 8.42 Å². The van der Waals surface area contributed by atoms with Crippen LogP contribution in [0.15, 0.2) is 28.3 Å². The molecule has 0 atom stereocenters. The maximum Gasteiger partial charge on any atom is 0.270 e. The van der Waals surface area contributed by atoms with Crippen molar-refractivity contribution in [1.29, 1.82) is 0 Å². The van der Waals surface area contributed by atoms with Crippen LogP contribution in [-0.2, 0) is 10.0 Å². The summed E-state index contributed by atoms with van der Waals surface area (Å²) in [6.45, 7) is 0. The van der Waals surface area contributed by atoms with Crippen LogP contribution in [0, 0.1) is 0 Å². The zero-order valence-corrected chi connectivity index (χ0v) is 8.19. The van der Waals surface area contributed by atoms with Gasteiger partial charge in [0.25, 0.3) is 10.0 Å². The lowest BCUT2D eigenvalue weighted by Crippen LogP contribution is -2.40. The van der Waals surface area contributed by atoms with Crippen LogP contribution in [0.4, 0.5) is 5.69 Å². The van der Waals surface area contributed by atoms with Gasteiger partial charge < -0.3 is 5.73 Å². The van der Waals surface area contributed by atoms with Crippen LogP contribution in [0.2, 0.25) is 0 Å². The fraction of sp³-hybridized carbons (Fsp3) is 0.143. The second kappa shape index (κ2) is 2.68. The fourth-order valence-corrected chi connectivity index (χ4v) is 2.28. The first-order chi connectivity index (χ1) is 6.53. The number of hydrogen-bond acceptors (Lipinski definition) is 5. The highest BCUT2D eigenvalue weighted by Gasteiger charge is 2.29. The largest absolute Gasteiger partial charge is 0.369 e. The molecule has 0 bridgehead atoms. The smallest absolute Gasteiger partial charge is 0.270 e. The zero-order valence-electron chi connectivity index (χ0n) is 7.38. The van der Waals surface area contributed by atoms with Gasteiger partial charge in [-0.1, -0.05) is 0 Å². The minimum absolute atomic E-state index is 0.0382. The first-order valence-corrected chi connectivity index (χ1v) is 5.24. The highest BCUT2D eigenvalue weighted by molar-refractivity contribution is 7.89. The van der Waals surface area contributed by atoms with E-state index in [0.29, 0.717) is 5.69 Å². The third kappa shape index (κ3) is 1.06. The highest BCUT2D eigenvalue weighted by atomic mass is 32.2. The van der Waals surface area contributed by atoms with Crippen molar-refractivity contribution in [3.8, 4) is 0 Å². The molecule has 7 heteroatoms. The van der Waals surface area contributed by atoms with Gasteiger partial charge in [-0.3, -0.25) is 4.98 Å². The molecule has 0 amide bonds. The molecule has 0 saturated heterocycles. The lowest BCUT2D eigenvalue weighted by molar-refractivity contribution is 0.548. The molecule has 0 aliphatic carbocycles. The third-order valence-electron chi connectivity index (χ3n) is 1.96. The Morgan fingerprint density at radius 2 is 2.21 bits per heavy atom. The van der Waals surface area contributed by atoms with Crippen LogP contribution in [-0.4, -0.2) is 30.7 Å². The number of pyridine rings is 1. The van der Waals surface area contributed by atoms with E-state index in [1.165, 1.54) is 25.5 Å². The fourth-order valence-electron chi connectivity index (χ4n) is 1.13. The lowest BCUT2D eigenvalue weighted by atomic mass is 10.4. The summed E-state index contributed by atoms with van der Waals surface area (Å²) in [6.07, 6.45) is 2.73. The van der Waals surface area contributed by atoms with Crippen LogP contribution < -0.4 is 5.73 Å². The molecular weight excluding hydrogens is 204 g/mol. The maximum absolute atomic E-state index is 11.7. The van der Waals surface area contributed by atoms with E-state index in [-0.39, 0.29) is 10.9 Å². The van der Waals surface area contributed by atoms with Gasteiger partial charge in [0.1, 0.15) is 4.90 Å². The molecule has 0 aromatic carbocycles. The van der Waals surface area contributed by atoms with E-state index in [2.05, 4.69) is 9.98 Å². The molecule has 74 valence electrons. The highest BCUT2D eigenvalue weighted by Crippen LogP contribution is 2.28. The van der Waals surface area contributed by atoms with E-state index in [0.717, 1.165) is 4.31 Å². The van der Waals surface area contributed by atoms with Crippen LogP contribution in [0.25, 0.3) is 0 Å². The quantitative estimate of drug-likeness (QED) is 0.637. The second-order valence-corrected chi connectivity index (χ2v) is 4.72. The standard InChI is InChI=1S/C7H8N4O2S/c1-11-7(8)10-5-2-3-9-4-6(5)14(11,12)13/h2-4H,1H3,(H2,8,10). The minimum atomic E-state index is -3.55. The van der Waals surface area contributed by atoms with Crippen molar-refractivity contribution >= 4 is 21.7 Å². The number of nitrogens with zero attached hydrogens (tertiary/aromatic N) is 3. The number of nitrogens with two attached hydrogens (primary N) is 1. The van der Waals surface area contributed by atoms with Crippen molar-refractivity contribution in [1.82, 2.24) is 9.29 Å². The Labute approximate surface area is 81.1 Å². The van der Waals surface area contributed by atoms with E-state index in [4.69, 9.17) is 5.73 Å². The Balaban J connectivity index is 2.79. The summed E-state index contributed by atoms with van der Waals surface area (Å²) in [4.78, 5) is 7.74. The predicted octanol–water partition coefficient (Wildman–Crippen LogP) is -0.338. The first kappa shape index (κ1) is 8.95. The summed E-state index contributed by atoms with van der Waals surface area (Å²) in [5.41, 5.74) is 5.77. The van der Waals surface area contributed by atoms with Crippen LogP contribution in [0.5, 0.6) is 0 Å². The zero-order chi connectivity index (χ0) is 10.3. The van der Waals surface area contributed by atoms with Crippen LogP contribution >= 0.6 is 0 Å². The topological polar surface area (TPSA) is 88.7 Å². The molecule has 1 aliphatic rings. The van der Waals surface area contributed by atoms with E-state index in [1.807, 2.05) is 0 Å². The van der Waals surface area contributed by atoms with Gasteiger partial charge in [0.05, 0.1) is 5.69 Å². The molecular formula is C7H8N4O2S. The number of fused-ring (bicyclic) bond motifs is 1. The normalized spacial score (nSPS) is 18.6. The monoisotopic (exact) mass is 212 g/mol. The molecule has 14 heavy (non-hydrogen) atoms. The van der Waals surface area contributed by atoms with Gasteiger partial charge in [0, 0.05) is 19.4 Å². The molecule has 0 unspecified atom stereocenters. The number of rotatable bonds is 0. The van der Waals surface area contributed by atoms with E-state index < -0.39 is 10.0 Å². The Morgan fingerprint density at radius 1 is 1.50 bits per heavy atom. The third-order valence-corrected chi connectivity index (χ3v) is 3.74. The number of sulfonamides is 1. The van der Waals surface area contributed by atoms with Gasteiger partial charge in [-0.15, -0.1) is 0 Å². The molecule has 2 rings (SSSR count). The number of hydrogen-bond donors (Lipinski definition) is 1. The Morgan fingerprint density at radius 3 is 2.93 bits per heavy atom. The molecule has 1 aliphatic heterocycles. The Hall–Kier alpha value is -1.63. The second-order valence-electron chi connectivity index (χ2n) is 2.79. The molecule has 0 radical (unpaired) electrons. The SMILES string of the molecule is CN1C(N)=Nc2ccncc2S1(=O)=O. The van der Waals surface area contributed by atoms with Gasteiger partial charge in [0.15, 0.2) is 0 Å². The predicted molar refractivity (Wildman–Crippen MR) is 50.5 cm³/mol. The maximum atomic E-state index is 11.7. The summed E-state index contributed by atoms with van der Waals surface area (Å²) < 4.78 is 24.4. The van der Waals surface area contributed by atoms with Gasteiger partial charge in [0.2, 0.25) is 5.96 Å². The number of guanidine groups is 1. The van der Waals surface area contributed by atoms with Crippen molar-refractivity contribution in [2.75, 3.05) is 7.05 Å². The summed E-state index contributed by atoms with van der Waals surface area (Å²) in [6, 6.07) is 1.51. The van der Waals surface area contributed by atoms with E-state index in [1.54, 1.807) is 0 Å². The van der Waals surface area contributed by atoms with Gasteiger partial charge in [-0.05, 0) is 6.07 Å². The summed E-state index contributed by atoms with van der Waals surface area (Å²) in [7, 11) is -2.20. The van der Waals surface area contributed by atoms with Gasteiger partial charge >= 0.3 is 0 Å². The van der Waals surface area contributed by atoms with Gasteiger partial charge in [-0.25, -0.2) is 17.7 Å². The van der Waals surface area contributed by atoms with E-state index in [9.17, 15) is 8.42 Å². The molecule has 0 saturated carbocycles. The van der Waals surface area contributed by atoms with Crippen molar-refractivity contribution in [3.63, 3.8) is 0 Å². The van der Waals surface area contributed by atoms with Crippen molar-refractivity contribution in [2.45, 2.75) is 4.90 Å².